The number of amides is 1. The number of nitrogens with one attached hydrogen (secondary N) is 1. The van der Waals surface area contributed by atoms with E-state index in [0.717, 1.165) is 35.1 Å². The van der Waals surface area contributed by atoms with Crippen LogP contribution in [0.15, 0.2) is 28.7 Å². The summed E-state index contributed by atoms with van der Waals surface area (Å²) in [4.78, 5) is 12.6. The second-order valence-corrected chi connectivity index (χ2v) is 7.19. The Bertz CT molecular complexity index is 736. The molecule has 0 aliphatic heterocycles. The van der Waals surface area contributed by atoms with Crippen LogP contribution in [-0.4, -0.2) is 33.5 Å². The highest BCUT2D eigenvalue weighted by atomic mass is 79.9. The van der Waals surface area contributed by atoms with Crippen molar-refractivity contribution < 1.29 is 4.79 Å². The first-order valence-corrected chi connectivity index (χ1v) is 9.08. The van der Waals surface area contributed by atoms with Gasteiger partial charge in [-0.2, -0.15) is 0 Å². The number of nitrogens with zero attached hydrogens (tertiary/aromatic N) is 3. The predicted molar refractivity (Wildman–Crippen MR) is 103 cm³/mol. The van der Waals surface area contributed by atoms with Gasteiger partial charge in [-0.3, -0.25) is 4.79 Å². The Hall–Kier alpha value is -1.44. The number of carbonyl (C=O) groups excluding carboxylic acids is 1. The van der Waals surface area contributed by atoms with Gasteiger partial charge in [0, 0.05) is 10.5 Å². The van der Waals surface area contributed by atoms with E-state index >= 15 is 0 Å². The van der Waals surface area contributed by atoms with E-state index in [-0.39, 0.29) is 24.4 Å². The van der Waals surface area contributed by atoms with Crippen LogP contribution in [0.25, 0.3) is 5.69 Å². The van der Waals surface area contributed by atoms with Gasteiger partial charge in [0.1, 0.15) is 0 Å². The zero-order valence-electron chi connectivity index (χ0n) is 14.1. The lowest BCUT2D eigenvalue weighted by molar-refractivity contribution is 0.0902. The van der Waals surface area contributed by atoms with E-state index in [1.807, 2.05) is 31.2 Å². The maximum atomic E-state index is 12.6. The molecule has 2 atom stereocenters. The zero-order chi connectivity index (χ0) is 17.1. The van der Waals surface area contributed by atoms with Crippen molar-refractivity contribution in [2.24, 2.45) is 11.7 Å². The first-order valence-electron chi connectivity index (χ1n) is 8.29. The molecule has 2 aromatic rings. The lowest BCUT2D eigenvalue weighted by atomic mass is 9.84. The Kier molecular flexibility index (Phi) is 6.98. The summed E-state index contributed by atoms with van der Waals surface area (Å²) in [5, 5.41) is 11.3. The third-order valence-corrected chi connectivity index (χ3v) is 5.18. The van der Waals surface area contributed by atoms with E-state index in [0.29, 0.717) is 18.2 Å². The third kappa shape index (κ3) is 4.40. The van der Waals surface area contributed by atoms with Gasteiger partial charge in [-0.1, -0.05) is 40.1 Å². The quantitative estimate of drug-likeness (QED) is 0.784. The molecular formula is C17H23BrClN5O. The molecule has 3 N–H and O–H groups in total. The minimum atomic E-state index is -0.168. The van der Waals surface area contributed by atoms with Crippen molar-refractivity contribution in [3.63, 3.8) is 0 Å². The van der Waals surface area contributed by atoms with E-state index in [4.69, 9.17) is 5.73 Å². The molecule has 8 heteroatoms. The number of carbonyl (C=O) groups is 1. The van der Waals surface area contributed by atoms with E-state index in [1.54, 1.807) is 4.68 Å². The molecule has 136 valence electrons. The minimum absolute atomic E-state index is 0. The van der Waals surface area contributed by atoms with Crippen molar-refractivity contribution >= 4 is 34.2 Å². The van der Waals surface area contributed by atoms with Crippen LogP contribution in [0.3, 0.4) is 0 Å². The average Bonchev–Trinajstić information content (AvgIpc) is 2.97. The van der Waals surface area contributed by atoms with Gasteiger partial charge in [0.15, 0.2) is 5.69 Å². The van der Waals surface area contributed by atoms with Gasteiger partial charge >= 0.3 is 0 Å². The monoisotopic (exact) mass is 427 g/mol. The van der Waals surface area contributed by atoms with Crippen molar-refractivity contribution in [3.05, 3.63) is 40.1 Å². The Balaban J connectivity index is 0.00000225. The van der Waals surface area contributed by atoms with Crippen LogP contribution < -0.4 is 11.1 Å². The summed E-state index contributed by atoms with van der Waals surface area (Å²) in [7, 11) is 0. The molecule has 1 aliphatic carbocycles. The summed E-state index contributed by atoms with van der Waals surface area (Å²) in [5.41, 5.74) is 7.81. The van der Waals surface area contributed by atoms with Crippen molar-refractivity contribution in [2.45, 2.75) is 38.6 Å². The topological polar surface area (TPSA) is 85.8 Å². The molecule has 2 unspecified atom stereocenters. The molecule has 1 amide bonds. The van der Waals surface area contributed by atoms with Gasteiger partial charge in [0.25, 0.3) is 5.91 Å². The van der Waals surface area contributed by atoms with Gasteiger partial charge < -0.3 is 11.1 Å². The fourth-order valence-electron chi connectivity index (χ4n) is 3.31. The molecule has 1 heterocycles. The standard InChI is InChI=1S/C17H22BrN5O.ClH/c1-11-16(17(24)20-15-8-3-2-5-12(15)10-19)21-22-23(11)14-7-4-6-13(18)9-14;/h4,6-7,9,12,15H,2-3,5,8,10,19H2,1H3,(H,20,24);1H. The Morgan fingerprint density at radius 1 is 1.40 bits per heavy atom. The molecule has 1 fully saturated rings. The lowest BCUT2D eigenvalue weighted by Crippen LogP contribution is -2.45. The van der Waals surface area contributed by atoms with Crippen LogP contribution in [0.4, 0.5) is 0 Å². The van der Waals surface area contributed by atoms with Crippen LogP contribution in [-0.2, 0) is 0 Å². The van der Waals surface area contributed by atoms with Gasteiger partial charge in [-0.25, -0.2) is 4.68 Å². The summed E-state index contributed by atoms with van der Waals surface area (Å²) < 4.78 is 2.63. The molecule has 1 aromatic carbocycles. The highest BCUT2D eigenvalue weighted by molar-refractivity contribution is 9.10. The van der Waals surface area contributed by atoms with Crippen LogP contribution in [0.5, 0.6) is 0 Å². The highest BCUT2D eigenvalue weighted by Crippen LogP contribution is 2.24. The smallest absolute Gasteiger partial charge is 0.273 e. The number of aromatic nitrogens is 3. The van der Waals surface area contributed by atoms with E-state index in [9.17, 15) is 4.79 Å². The average molecular weight is 429 g/mol. The fourth-order valence-corrected chi connectivity index (χ4v) is 3.70. The fraction of sp³-hybridized carbons (Fsp3) is 0.471. The molecule has 0 saturated heterocycles. The number of hydrogen-bond donors (Lipinski definition) is 2. The molecule has 1 aromatic heterocycles. The molecule has 6 nitrogen and oxygen atoms in total. The largest absolute Gasteiger partial charge is 0.348 e. The molecule has 1 aliphatic rings. The van der Waals surface area contributed by atoms with Gasteiger partial charge in [-0.15, -0.1) is 17.5 Å². The lowest BCUT2D eigenvalue weighted by Gasteiger charge is -2.31. The first kappa shape index (κ1) is 19.9. The van der Waals surface area contributed by atoms with Crippen molar-refractivity contribution in [1.82, 2.24) is 20.3 Å². The number of nitrogens with two attached hydrogens (primary N) is 1. The number of rotatable bonds is 4. The minimum Gasteiger partial charge on any atom is -0.348 e. The molecule has 0 radical (unpaired) electrons. The predicted octanol–water partition coefficient (Wildman–Crippen LogP) is 3.01. The van der Waals surface area contributed by atoms with Crippen molar-refractivity contribution in [1.29, 1.82) is 0 Å². The highest BCUT2D eigenvalue weighted by Gasteiger charge is 2.27. The molecule has 0 spiro atoms. The van der Waals surface area contributed by atoms with E-state index in [2.05, 4.69) is 31.6 Å². The molecular weight excluding hydrogens is 406 g/mol. The van der Waals surface area contributed by atoms with Crippen LogP contribution in [0.2, 0.25) is 0 Å². The molecule has 25 heavy (non-hydrogen) atoms. The molecule has 3 rings (SSSR count). The summed E-state index contributed by atoms with van der Waals surface area (Å²) in [5.74, 6) is 0.183. The number of halogens is 2. The summed E-state index contributed by atoms with van der Waals surface area (Å²) >= 11 is 3.45. The van der Waals surface area contributed by atoms with Gasteiger partial charge in [0.05, 0.1) is 11.4 Å². The van der Waals surface area contributed by atoms with Gasteiger partial charge in [0.2, 0.25) is 0 Å². The maximum absolute atomic E-state index is 12.6. The zero-order valence-corrected chi connectivity index (χ0v) is 16.5. The summed E-state index contributed by atoms with van der Waals surface area (Å²) in [6, 6.07) is 7.87. The first-order chi connectivity index (χ1) is 11.6. The van der Waals surface area contributed by atoms with Crippen LogP contribution in [0.1, 0.15) is 41.9 Å². The molecule has 0 bridgehead atoms. The SMILES string of the molecule is Cc1c(C(=O)NC2CCCCC2CN)nnn1-c1cccc(Br)c1.Cl. The van der Waals surface area contributed by atoms with E-state index < -0.39 is 0 Å². The third-order valence-electron chi connectivity index (χ3n) is 4.69. The maximum Gasteiger partial charge on any atom is 0.273 e. The van der Waals surface area contributed by atoms with Crippen molar-refractivity contribution in [3.8, 4) is 5.69 Å². The van der Waals surface area contributed by atoms with Gasteiger partial charge in [-0.05, 0) is 50.4 Å². The Morgan fingerprint density at radius 3 is 2.88 bits per heavy atom. The Morgan fingerprint density at radius 2 is 2.16 bits per heavy atom. The van der Waals surface area contributed by atoms with Crippen LogP contribution >= 0.6 is 28.3 Å². The Labute approximate surface area is 162 Å². The van der Waals surface area contributed by atoms with Crippen molar-refractivity contribution in [2.75, 3.05) is 6.54 Å². The second-order valence-electron chi connectivity index (χ2n) is 6.28. The summed E-state index contributed by atoms with van der Waals surface area (Å²) in [6.45, 7) is 2.46. The summed E-state index contributed by atoms with van der Waals surface area (Å²) in [6.07, 6.45) is 4.37. The normalized spacial score (nSPS) is 20.0. The van der Waals surface area contributed by atoms with Crippen LogP contribution in [0, 0.1) is 12.8 Å². The number of benzene rings is 1. The molecule has 1 saturated carbocycles. The second kappa shape index (κ2) is 8.78. The van der Waals surface area contributed by atoms with E-state index in [1.165, 1.54) is 6.42 Å². The number of hydrogen-bond acceptors (Lipinski definition) is 4.